The third kappa shape index (κ3) is 5.03. The molecule has 0 saturated heterocycles. The number of carbonyl (C=O) groups is 1. The summed E-state index contributed by atoms with van der Waals surface area (Å²) in [5.74, 6) is -2.73. The highest BCUT2D eigenvalue weighted by atomic mass is 19.4. The van der Waals surface area contributed by atoms with Crippen LogP contribution in [0.3, 0.4) is 0 Å². The topological polar surface area (TPSA) is 26.3 Å². The molecule has 1 rings (SSSR count). The zero-order valence-corrected chi connectivity index (χ0v) is 11.0. The van der Waals surface area contributed by atoms with E-state index in [1.165, 1.54) is 0 Å². The van der Waals surface area contributed by atoms with Gasteiger partial charge in [-0.15, -0.1) is 0 Å². The van der Waals surface area contributed by atoms with Crippen LogP contribution in [-0.4, -0.2) is 12.1 Å². The van der Waals surface area contributed by atoms with Gasteiger partial charge in [-0.25, -0.2) is 4.79 Å². The van der Waals surface area contributed by atoms with Gasteiger partial charge in [-0.1, -0.05) is 0 Å². The summed E-state index contributed by atoms with van der Waals surface area (Å²) in [7, 11) is 0. The average molecular weight is 354 g/mol. The van der Waals surface area contributed by atoms with E-state index in [4.69, 9.17) is 0 Å². The van der Waals surface area contributed by atoms with Gasteiger partial charge >= 0.3 is 24.5 Å². The molecule has 0 aliphatic heterocycles. The van der Waals surface area contributed by atoms with E-state index < -0.39 is 47.3 Å². The maximum Gasteiger partial charge on any atom is 0.490 e. The smallest absolute Gasteiger partial charge is 0.451 e. The third-order valence-electron chi connectivity index (χ3n) is 2.59. The van der Waals surface area contributed by atoms with Crippen molar-refractivity contribution in [3.05, 3.63) is 34.9 Å². The van der Waals surface area contributed by atoms with Crippen LogP contribution in [0.25, 0.3) is 0 Å². The van der Waals surface area contributed by atoms with Crippen LogP contribution in [0.1, 0.15) is 29.7 Å². The minimum atomic E-state index is -5.43. The molecule has 23 heavy (non-hydrogen) atoms. The number of benzene rings is 1. The molecule has 1 aromatic rings. The first-order valence-electron chi connectivity index (χ1n) is 5.69. The molecule has 0 saturated carbocycles. The highest BCUT2D eigenvalue weighted by Gasteiger charge is 2.42. The molecule has 1 aromatic carbocycles. The fourth-order valence-electron chi connectivity index (χ4n) is 1.51. The summed E-state index contributed by atoms with van der Waals surface area (Å²) in [4.78, 5) is 10.6. The van der Waals surface area contributed by atoms with E-state index in [2.05, 4.69) is 4.74 Å². The Labute approximate surface area is 122 Å². The highest BCUT2D eigenvalue weighted by molar-refractivity contribution is 5.75. The number of hydrogen-bond acceptors (Lipinski definition) is 2. The van der Waals surface area contributed by atoms with Crippen LogP contribution < -0.4 is 0 Å². The first kappa shape index (κ1) is 19.1. The van der Waals surface area contributed by atoms with Crippen molar-refractivity contribution in [2.75, 3.05) is 0 Å². The number of halogens is 9. The quantitative estimate of drug-likeness (QED) is 0.558. The molecule has 0 aliphatic rings. The van der Waals surface area contributed by atoms with Crippen molar-refractivity contribution >= 4 is 5.97 Å². The van der Waals surface area contributed by atoms with E-state index in [0.29, 0.717) is 0 Å². The lowest BCUT2D eigenvalue weighted by Crippen LogP contribution is -2.26. The monoisotopic (exact) mass is 354 g/mol. The fourth-order valence-corrected chi connectivity index (χ4v) is 1.51. The van der Waals surface area contributed by atoms with Gasteiger partial charge in [-0.05, 0) is 30.7 Å². The summed E-state index contributed by atoms with van der Waals surface area (Å²) in [6, 6.07) is 0.176. The maximum absolute atomic E-state index is 12.6. The molecule has 0 aliphatic carbocycles. The lowest BCUT2D eigenvalue weighted by Gasteiger charge is -2.18. The van der Waals surface area contributed by atoms with Gasteiger partial charge in [-0.3, -0.25) is 0 Å². The summed E-state index contributed by atoms with van der Waals surface area (Å²) in [6.07, 6.45) is -17.7. The normalized spacial score (nSPS) is 14.5. The Morgan fingerprint density at radius 3 is 1.57 bits per heavy atom. The summed E-state index contributed by atoms with van der Waals surface area (Å²) in [6.45, 7) is 0.722. The van der Waals surface area contributed by atoms with Crippen molar-refractivity contribution < 1.29 is 49.0 Å². The first-order chi connectivity index (χ1) is 10.1. The van der Waals surface area contributed by atoms with Gasteiger partial charge in [0, 0.05) is 0 Å². The van der Waals surface area contributed by atoms with E-state index in [1.807, 2.05) is 0 Å². The Balaban J connectivity index is 3.27. The second-order valence-corrected chi connectivity index (χ2v) is 4.38. The summed E-state index contributed by atoms with van der Waals surface area (Å²) in [5, 5.41) is 0. The minimum absolute atomic E-state index is 0.184. The van der Waals surface area contributed by atoms with Crippen LogP contribution in [-0.2, 0) is 21.9 Å². The Morgan fingerprint density at radius 2 is 1.26 bits per heavy atom. The zero-order valence-electron chi connectivity index (χ0n) is 11.0. The second kappa shape index (κ2) is 5.93. The Bertz CT molecular complexity index is 551. The Kier molecular flexibility index (Phi) is 4.93. The van der Waals surface area contributed by atoms with Gasteiger partial charge in [-0.2, -0.15) is 39.5 Å². The van der Waals surface area contributed by atoms with E-state index in [1.54, 1.807) is 0 Å². The number of rotatable bonds is 2. The molecule has 0 fully saturated rings. The van der Waals surface area contributed by atoms with Gasteiger partial charge in [0.25, 0.3) is 0 Å². The van der Waals surface area contributed by atoms with Crippen molar-refractivity contribution in [2.45, 2.75) is 31.6 Å². The molecular formula is C12H7F9O2. The predicted molar refractivity (Wildman–Crippen MR) is 57.0 cm³/mol. The zero-order chi connectivity index (χ0) is 18.2. The number of carbonyl (C=O) groups excluding carboxylic acids is 1. The van der Waals surface area contributed by atoms with Crippen molar-refractivity contribution in [1.29, 1.82) is 0 Å². The van der Waals surface area contributed by atoms with Gasteiger partial charge < -0.3 is 4.74 Å². The highest BCUT2D eigenvalue weighted by Crippen LogP contribution is 2.38. The van der Waals surface area contributed by atoms with Crippen LogP contribution in [0.15, 0.2) is 18.2 Å². The molecule has 2 nitrogen and oxygen atoms in total. The molecule has 130 valence electrons. The summed E-state index contributed by atoms with van der Waals surface area (Å²) >= 11 is 0. The SMILES string of the molecule is C[C@@H](OC(=O)C(F)(F)F)c1cc(C(F)(F)F)cc(C(F)(F)F)c1. The molecule has 0 heterocycles. The van der Waals surface area contributed by atoms with Crippen LogP contribution in [0.4, 0.5) is 39.5 Å². The molecule has 0 bridgehead atoms. The van der Waals surface area contributed by atoms with Crippen LogP contribution in [0, 0.1) is 0 Å². The van der Waals surface area contributed by atoms with Crippen molar-refractivity contribution in [2.24, 2.45) is 0 Å². The Morgan fingerprint density at radius 1 is 0.870 bits per heavy atom. The van der Waals surface area contributed by atoms with Gasteiger partial charge in [0.05, 0.1) is 11.1 Å². The molecule has 0 N–H and O–H groups in total. The van der Waals surface area contributed by atoms with Crippen molar-refractivity contribution in [3.63, 3.8) is 0 Å². The molecule has 1 atom stereocenters. The van der Waals surface area contributed by atoms with Crippen molar-refractivity contribution in [3.8, 4) is 0 Å². The van der Waals surface area contributed by atoms with E-state index in [-0.39, 0.29) is 18.2 Å². The van der Waals surface area contributed by atoms with E-state index in [9.17, 15) is 44.3 Å². The molecule has 0 radical (unpaired) electrons. The number of hydrogen-bond donors (Lipinski definition) is 0. The lowest BCUT2D eigenvalue weighted by atomic mass is 10.0. The number of alkyl halides is 9. The third-order valence-corrected chi connectivity index (χ3v) is 2.59. The standard InChI is InChI=1S/C12H7F9O2/c1-5(23-9(22)12(19,20)21)6-2-7(10(13,14)15)4-8(3-6)11(16,17)18/h2-5H,1H3/t5-/m1/s1. The second-order valence-electron chi connectivity index (χ2n) is 4.38. The minimum Gasteiger partial charge on any atom is -0.451 e. The van der Waals surface area contributed by atoms with Crippen LogP contribution >= 0.6 is 0 Å². The largest absolute Gasteiger partial charge is 0.490 e. The number of esters is 1. The number of ether oxygens (including phenoxy) is 1. The maximum atomic E-state index is 12.6. The molecule has 0 unspecified atom stereocenters. The van der Waals surface area contributed by atoms with E-state index >= 15 is 0 Å². The first-order valence-corrected chi connectivity index (χ1v) is 5.69. The van der Waals surface area contributed by atoms with Gasteiger partial charge in [0.2, 0.25) is 0 Å². The molecule has 0 aromatic heterocycles. The fraction of sp³-hybridized carbons (Fsp3) is 0.417. The lowest BCUT2D eigenvalue weighted by molar-refractivity contribution is -0.204. The summed E-state index contributed by atoms with van der Waals surface area (Å²) < 4.78 is 115. The summed E-state index contributed by atoms with van der Waals surface area (Å²) in [5.41, 5.74) is -4.32. The molecular weight excluding hydrogens is 347 g/mol. The van der Waals surface area contributed by atoms with Crippen LogP contribution in [0.2, 0.25) is 0 Å². The molecule has 0 amide bonds. The van der Waals surface area contributed by atoms with Crippen LogP contribution in [0.5, 0.6) is 0 Å². The molecule has 11 heteroatoms. The van der Waals surface area contributed by atoms with E-state index in [0.717, 1.165) is 6.92 Å². The van der Waals surface area contributed by atoms with Crippen molar-refractivity contribution in [1.82, 2.24) is 0 Å². The Hall–Kier alpha value is -1.94. The van der Waals surface area contributed by atoms with Gasteiger partial charge in [0.1, 0.15) is 6.10 Å². The average Bonchev–Trinajstić information content (AvgIpc) is 2.34. The predicted octanol–water partition coefficient (Wildman–Crippen LogP) is 4.89. The van der Waals surface area contributed by atoms with Gasteiger partial charge in [0.15, 0.2) is 0 Å². The molecule has 0 spiro atoms.